The summed E-state index contributed by atoms with van der Waals surface area (Å²) in [5.74, 6) is -2.74. The second-order valence-corrected chi connectivity index (χ2v) is 5.50. The van der Waals surface area contributed by atoms with Gasteiger partial charge < -0.3 is 10.0 Å². The number of carbonyl (C=O) groups is 1. The highest BCUT2D eigenvalue weighted by Gasteiger charge is 2.28. The van der Waals surface area contributed by atoms with Crippen LogP contribution in [0.15, 0.2) is 12.1 Å². The minimum Gasteiger partial charge on any atom is -0.395 e. The first kappa shape index (κ1) is 17.3. The number of aliphatic hydroxyl groups excluding tert-OH is 1. The fourth-order valence-corrected chi connectivity index (χ4v) is 2.79. The zero-order valence-corrected chi connectivity index (χ0v) is 12.9. The van der Waals surface area contributed by atoms with Gasteiger partial charge in [0.05, 0.1) is 18.2 Å². The zero-order chi connectivity index (χ0) is 17.0. The van der Waals surface area contributed by atoms with Crippen LogP contribution in [0.25, 0.3) is 0 Å². The molecule has 1 fully saturated rings. The van der Waals surface area contributed by atoms with E-state index in [9.17, 15) is 18.7 Å². The van der Waals surface area contributed by atoms with Crippen molar-refractivity contribution in [2.75, 3.05) is 32.8 Å². The van der Waals surface area contributed by atoms with E-state index in [1.807, 2.05) is 6.92 Å². The lowest BCUT2D eigenvalue weighted by molar-refractivity contribution is 0.0465. The van der Waals surface area contributed by atoms with Crippen molar-refractivity contribution in [1.82, 2.24) is 9.80 Å². The largest absolute Gasteiger partial charge is 0.395 e. The fraction of sp³-hybridized carbons (Fsp3) is 0.500. The Morgan fingerprint density at radius 3 is 2.30 bits per heavy atom. The van der Waals surface area contributed by atoms with Crippen molar-refractivity contribution in [3.63, 3.8) is 0 Å². The van der Waals surface area contributed by atoms with Crippen molar-refractivity contribution in [2.24, 2.45) is 0 Å². The summed E-state index contributed by atoms with van der Waals surface area (Å²) in [7, 11) is 0. The molecule has 1 unspecified atom stereocenters. The van der Waals surface area contributed by atoms with Gasteiger partial charge in [0, 0.05) is 32.2 Å². The summed E-state index contributed by atoms with van der Waals surface area (Å²) in [6.07, 6.45) is 0.795. The Morgan fingerprint density at radius 2 is 1.87 bits per heavy atom. The Kier molecular flexibility index (Phi) is 5.64. The van der Waals surface area contributed by atoms with E-state index in [0.29, 0.717) is 26.2 Å². The van der Waals surface area contributed by atoms with Crippen molar-refractivity contribution in [3.05, 3.63) is 34.9 Å². The monoisotopic (exact) mass is 323 g/mol. The van der Waals surface area contributed by atoms with E-state index in [1.165, 1.54) is 4.90 Å². The Morgan fingerprint density at radius 1 is 1.30 bits per heavy atom. The topological polar surface area (TPSA) is 67.6 Å². The second kappa shape index (κ2) is 7.49. The predicted molar refractivity (Wildman–Crippen MR) is 79.7 cm³/mol. The molecule has 0 aliphatic carbocycles. The van der Waals surface area contributed by atoms with Gasteiger partial charge in [-0.2, -0.15) is 5.26 Å². The first-order valence-electron chi connectivity index (χ1n) is 7.55. The van der Waals surface area contributed by atoms with Crippen LogP contribution in [0.1, 0.15) is 29.3 Å². The van der Waals surface area contributed by atoms with Gasteiger partial charge in [0.25, 0.3) is 5.91 Å². The SMILES string of the molecule is CCC(CO)N1CCN(C(=O)c2c(F)cc(C#N)cc2F)CC1. The quantitative estimate of drug-likeness (QED) is 0.909. The number of hydrogen-bond acceptors (Lipinski definition) is 4. The highest BCUT2D eigenvalue weighted by molar-refractivity contribution is 5.95. The average molecular weight is 323 g/mol. The van der Waals surface area contributed by atoms with Crippen molar-refractivity contribution in [3.8, 4) is 6.07 Å². The van der Waals surface area contributed by atoms with Crippen LogP contribution in [0.3, 0.4) is 0 Å². The number of halogens is 2. The summed E-state index contributed by atoms with van der Waals surface area (Å²) in [5, 5.41) is 18.0. The summed E-state index contributed by atoms with van der Waals surface area (Å²) in [6.45, 7) is 3.79. The minimum atomic E-state index is -1.02. The lowest BCUT2D eigenvalue weighted by Gasteiger charge is -2.38. The molecule has 0 spiro atoms. The molecule has 0 saturated carbocycles. The van der Waals surface area contributed by atoms with Crippen molar-refractivity contribution in [1.29, 1.82) is 5.26 Å². The second-order valence-electron chi connectivity index (χ2n) is 5.50. The number of piperazine rings is 1. The van der Waals surface area contributed by atoms with Gasteiger partial charge in [-0.25, -0.2) is 8.78 Å². The third-order valence-electron chi connectivity index (χ3n) is 4.18. The van der Waals surface area contributed by atoms with Gasteiger partial charge in [-0.3, -0.25) is 9.69 Å². The van der Waals surface area contributed by atoms with Crippen molar-refractivity contribution >= 4 is 5.91 Å². The Labute approximate surface area is 133 Å². The molecule has 1 saturated heterocycles. The fourth-order valence-electron chi connectivity index (χ4n) is 2.79. The van der Waals surface area contributed by atoms with Crippen molar-refractivity contribution < 1.29 is 18.7 Å². The number of amides is 1. The molecule has 23 heavy (non-hydrogen) atoms. The smallest absolute Gasteiger partial charge is 0.259 e. The van der Waals surface area contributed by atoms with Crippen molar-refractivity contribution in [2.45, 2.75) is 19.4 Å². The molecule has 5 nitrogen and oxygen atoms in total. The van der Waals surface area contributed by atoms with Gasteiger partial charge in [0.15, 0.2) is 0 Å². The molecule has 1 aromatic rings. The summed E-state index contributed by atoms with van der Waals surface area (Å²) in [5.41, 5.74) is -0.776. The predicted octanol–water partition coefficient (Wildman–Crippen LogP) is 1.37. The van der Waals surface area contributed by atoms with E-state index >= 15 is 0 Å². The maximum Gasteiger partial charge on any atom is 0.259 e. The lowest BCUT2D eigenvalue weighted by atomic mass is 10.1. The number of nitriles is 1. The Hall–Kier alpha value is -2.04. The van der Waals surface area contributed by atoms with Gasteiger partial charge in [0.2, 0.25) is 0 Å². The number of rotatable bonds is 4. The standard InChI is InChI=1S/C16H19F2N3O2/c1-2-12(10-22)20-3-5-21(6-4-20)16(23)15-13(17)7-11(9-19)8-14(15)18/h7-8,12,22H,2-6,10H2,1H3. The molecule has 2 rings (SSSR count). The van der Waals surface area contributed by atoms with E-state index in [-0.39, 0.29) is 18.2 Å². The van der Waals surface area contributed by atoms with Crippen LogP contribution >= 0.6 is 0 Å². The van der Waals surface area contributed by atoms with Gasteiger partial charge in [0.1, 0.15) is 17.2 Å². The molecule has 1 aromatic carbocycles. The molecule has 1 aliphatic heterocycles. The summed E-state index contributed by atoms with van der Waals surface area (Å²) < 4.78 is 27.9. The summed E-state index contributed by atoms with van der Waals surface area (Å²) >= 11 is 0. The summed E-state index contributed by atoms with van der Waals surface area (Å²) in [6, 6.07) is 3.42. The van der Waals surface area contributed by atoms with Gasteiger partial charge in [-0.1, -0.05) is 6.92 Å². The molecular weight excluding hydrogens is 304 g/mol. The molecule has 0 aromatic heterocycles. The molecule has 1 heterocycles. The van der Waals surface area contributed by atoms with Crippen LogP contribution in [0.4, 0.5) is 8.78 Å². The van der Waals surface area contributed by atoms with Crippen LogP contribution in [0.2, 0.25) is 0 Å². The molecule has 1 N–H and O–H groups in total. The molecule has 0 bridgehead atoms. The Balaban J connectivity index is 2.10. The maximum atomic E-state index is 13.9. The van der Waals surface area contributed by atoms with Gasteiger partial charge >= 0.3 is 0 Å². The molecule has 7 heteroatoms. The first-order chi connectivity index (χ1) is 11.0. The van der Waals surface area contributed by atoms with Crippen LogP contribution in [0.5, 0.6) is 0 Å². The zero-order valence-electron chi connectivity index (χ0n) is 12.9. The van der Waals surface area contributed by atoms with Crippen LogP contribution in [-0.2, 0) is 0 Å². The van der Waals surface area contributed by atoms with Gasteiger partial charge in [-0.15, -0.1) is 0 Å². The van der Waals surface area contributed by atoms with Crippen LogP contribution < -0.4 is 0 Å². The molecule has 1 atom stereocenters. The van der Waals surface area contributed by atoms with Gasteiger partial charge in [-0.05, 0) is 18.6 Å². The van der Waals surface area contributed by atoms with E-state index in [4.69, 9.17) is 5.26 Å². The normalized spacial score (nSPS) is 16.9. The molecule has 1 amide bonds. The third kappa shape index (κ3) is 3.66. The van der Waals surface area contributed by atoms with E-state index in [1.54, 1.807) is 6.07 Å². The lowest BCUT2D eigenvalue weighted by Crippen LogP contribution is -2.52. The summed E-state index contributed by atoms with van der Waals surface area (Å²) in [4.78, 5) is 15.8. The number of benzene rings is 1. The average Bonchev–Trinajstić information content (AvgIpc) is 2.55. The highest BCUT2D eigenvalue weighted by Crippen LogP contribution is 2.19. The number of hydrogen-bond donors (Lipinski definition) is 1. The molecule has 124 valence electrons. The number of nitrogens with zero attached hydrogens (tertiary/aromatic N) is 3. The molecule has 0 radical (unpaired) electrons. The third-order valence-corrected chi connectivity index (χ3v) is 4.18. The highest BCUT2D eigenvalue weighted by atomic mass is 19.1. The van der Waals surface area contributed by atoms with Crippen LogP contribution in [-0.4, -0.2) is 59.6 Å². The number of aliphatic hydroxyl groups is 1. The van der Waals surface area contributed by atoms with Crippen LogP contribution in [0, 0.1) is 23.0 Å². The maximum absolute atomic E-state index is 13.9. The number of carbonyl (C=O) groups excluding carboxylic acids is 1. The Bertz CT molecular complexity index is 595. The minimum absolute atomic E-state index is 0.0376. The first-order valence-corrected chi connectivity index (χ1v) is 7.55. The molecular formula is C16H19F2N3O2. The molecule has 1 aliphatic rings. The van der Waals surface area contributed by atoms with E-state index in [2.05, 4.69) is 4.90 Å². The van der Waals surface area contributed by atoms with E-state index < -0.39 is 23.1 Å². The van der Waals surface area contributed by atoms with E-state index in [0.717, 1.165) is 18.6 Å².